The van der Waals surface area contributed by atoms with Gasteiger partial charge in [0.15, 0.2) is 0 Å². The van der Waals surface area contributed by atoms with Crippen molar-refractivity contribution in [3.63, 3.8) is 0 Å². The maximum atomic E-state index is 12.8. The number of hydrogen-bond acceptors (Lipinski definition) is 5. The van der Waals surface area contributed by atoms with Gasteiger partial charge in [-0.15, -0.1) is 0 Å². The monoisotopic (exact) mass is 383 g/mol. The molecule has 1 amide bonds. The number of amides is 1. The first kappa shape index (κ1) is 22.1. The molecule has 1 atom stereocenters. The Morgan fingerprint density at radius 2 is 1.65 bits per heavy atom. The molecule has 1 aromatic carbocycles. The van der Waals surface area contributed by atoms with Gasteiger partial charge in [0.1, 0.15) is 6.04 Å². The van der Waals surface area contributed by atoms with E-state index in [0.29, 0.717) is 13.1 Å². The van der Waals surface area contributed by atoms with Crippen LogP contribution in [0.1, 0.15) is 45.1 Å². The topological polar surface area (TPSA) is 107 Å². The standard InChI is InChI=1S/C18H28N2O5S/c1-4-12-20(13-5-2)18(23)16(10-11-17(21)22)19-26(24,25)15-8-6-14(3)7-9-15/h6-9,16,19H,4-5,10-13H2,1-3H3,(H,21,22)/p-1/t16-/m1/s1. The predicted molar refractivity (Wildman–Crippen MR) is 96.7 cm³/mol. The largest absolute Gasteiger partial charge is 0.550 e. The van der Waals surface area contributed by atoms with Gasteiger partial charge in [-0.1, -0.05) is 31.5 Å². The molecule has 0 aliphatic rings. The second-order valence-corrected chi connectivity index (χ2v) is 7.94. The van der Waals surface area contributed by atoms with Crippen molar-refractivity contribution in [3.05, 3.63) is 29.8 Å². The molecule has 7 nitrogen and oxygen atoms in total. The number of carbonyl (C=O) groups excluding carboxylic acids is 2. The van der Waals surface area contributed by atoms with E-state index in [1.165, 1.54) is 12.1 Å². The molecule has 8 heteroatoms. The SMILES string of the molecule is CCCN(CCC)C(=O)[C@@H](CCC(=O)[O-])NS(=O)(=O)c1ccc(C)cc1. The Hall–Kier alpha value is -1.93. The van der Waals surface area contributed by atoms with Crippen LogP contribution in [0.25, 0.3) is 0 Å². The molecule has 0 saturated heterocycles. The third kappa shape index (κ3) is 6.76. The molecule has 0 bridgehead atoms. The minimum atomic E-state index is -3.94. The molecule has 1 N–H and O–H groups in total. The van der Waals surface area contributed by atoms with E-state index in [1.807, 2.05) is 20.8 Å². The van der Waals surface area contributed by atoms with E-state index in [1.54, 1.807) is 17.0 Å². The number of benzene rings is 1. The van der Waals surface area contributed by atoms with Gasteiger partial charge in [0, 0.05) is 19.1 Å². The zero-order valence-electron chi connectivity index (χ0n) is 15.5. The highest BCUT2D eigenvalue weighted by Crippen LogP contribution is 2.13. The first-order valence-corrected chi connectivity index (χ1v) is 10.3. The van der Waals surface area contributed by atoms with E-state index in [9.17, 15) is 23.1 Å². The van der Waals surface area contributed by atoms with Crippen LogP contribution in [0.3, 0.4) is 0 Å². The molecule has 0 fully saturated rings. The van der Waals surface area contributed by atoms with Gasteiger partial charge in [-0.2, -0.15) is 4.72 Å². The van der Waals surface area contributed by atoms with Gasteiger partial charge in [0.05, 0.1) is 4.90 Å². The second-order valence-electron chi connectivity index (χ2n) is 6.22. The second kappa shape index (κ2) is 10.3. The summed E-state index contributed by atoms with van der Waals surface area (Å²) in [6, 6.07) is 5.08. The van der Waals surface area contributed by atoms with Crippen molar-refractivity contribution in [2.75, 3.05) is 13.1 Å². The molecule has 0 aromatic heterocycles. The molecule has 1 rings (SSSR count). The highest BCUT2D eigenvalue weighted by atomic mass is 32.2. The van der Waals surface area contributed by atoms with Gasteiger partial charge < -0.3 is 14.8 Å². The lowest BCUT2D eigenvalue weighted by Gasteiger charge is -2.27. The van der Waals surface area contributed by atoms with Crippen LogP contribution in [0.5, 0.6) is 0 Å². The Morgan fingerprint density at radius 1 is 1.12 bits per heavy atom. The molecule has 0 unspecified atom stereocenters. The van der Waals surface area contributed by atoms with Crippen LogP contribution in [0.15, 0.2) is 29.2 Å². The number of carboxylic acid groups (broad SMARTS) is 1. The fraction of sp³-hybridized carbons (Fsp3) is 0.556. The predicted octanol–water partition coefficient (Wildman–Crippen LogP) is 0.821. The van der Waals surface area contributed by atoms with E-state index >= 15 is 0 Å². The van der Waals surface area contributed by atoms with Crippen molar-refractivity contribution in [1.29, 1.82) is 0 Å². The van der Waals surface area contributed by atoms with Crippen LogP contribution in [0.2, 0.25) is 0 Å². The van der Waals surface area contributed by atoms with Gasteiger partial charge in [0.2, 0.25) is 15.9 Å². The zero-order chi connectivity index (χ0) is 19.7. The molecule has 0 heterocycles. The van der Waals surface area contributed by atoms with Crippen LogP contribution in [-0.4, -0.2) is 44.3 Å². The van der Waals surface area contributed by atoms with E-state index in [-0.39, 0.29) is 11.3 Å². The molecule has 0 aliphatic heterocycles. The van der Waals surface area contributed by atoms with Crippen molar-refractivity contribution in [2.24, 2.45) is 0 Å². The van der Waals surface area contributed by atoms with E-state index in [0.717, 1.165) is 18.4 Å². The summed E-state index contributed by atoms with van der Waals surface area (Å²) in [6.45, 7) is 6.65. The van der Waals surface area contributed by atoms with Gasteiger partial charge in [0.25, 0.3) is 0 Å². The Labute approximate surface area is 155 Å². The number of carboxylic acids is 1. The number of carbonyl (C=O) groups is 2. The van der Waals surface area contributed by atoms with Crippen molar-refractivity contribution in [3.8, 4) is 0 Å². The molecule has 0 spiro atoms. The van der Waals surface area contributed by atoms with Crippen molar-refractivity contribution < 1.29 is 23.1 Å². The Morgan fingerprint density at radius 3 is 2.12 bits per heavy atom. The van der Waals surface area contributed by atoms with Crippen molar-refractivity contribution in [2.45, 2.75) is 57.4 Å². The molecular formula is C18H27N2O5S-. The normalized spacial score (nSPS) is 12.6. The summed E-state index contributed by atoms with van der Waals surface area (Å²) in [5.41, 5.74) is 0.908. The molecule has 0 radical (unpaired) electrons. The van der Waals surface area contributed by atoms with E-state index in [4.69, 9.17) is 0 Å². The Kier molecular flexibility index (Phi) is 8.74. The lowest BCUT2D eigenvalue weighted by atomic mass is 10.1. The first-order valence-electron chi connectivity index (χ1n) is 8.78. The number of sulfonamides is 1. The molecule has 0 aliphatic carbocycles. The summed E-state index contributed by atoms with van der Waals surface area (Å²) in [5, 5.41) is 10.8. The van der Waals surface area contributed by atoms with Crippen LogP contribution >= 0.6 is 0 Å². The van der Waals surface area contributed by atoms with Crippen molar-refractivity contribution in [1.82, 2.24) is 9.62 Å². The maximum Gasteiger partial charge on any atom is 0.241 e. The molecule has 0 saturated carbocycles. The number of rotatable bonds is 11. The zero-order valence-corrected chi connectivity index (χ0v) is 16.3. The lowest BCUT2D eigenvalue weighted by molar-refractivity contribution is -0.305. The average Bonchev–Trinajstić information content (AvgIpc) is 2.58. The minimum absolute atomic E-state index is 0.0342. The summed E-state index contributed by atoms with van der Waals surface area (Å²) in [5.74, 6) is -1.74. The first-order chi connectivity index (χ1) is 12.2. The smallest absolute Gasteiger partial charge is 0.241 e. The number of hydrogen-bond donors (Lipinski definition) is 1. The third-order valence-corrected chi connectivity index (χ3v) is 5.35. The molecule has 146 valence electrons. The van der Waals surface area contributed by atoms with Crippen LogP contribution in [0, 0.1) is 6.92 Å². The summed E-state index contributed by atoms with van der Waals surface area (Å²) >= 11 is 0. The fourth-order valence-corrected chi connectivity index (χ4v) is 3.78. The van der Waals surface area contributed by atoms with Gasteiger partial charge in [-0.3, -0.25) is 4.79 Å². The summed E-state index contributed by atoms with van der Waals surface area (Å²) in [7, 11) is -3.94. The van der Waals surface area contributed by atoms with Crippen LogP contribution < -0.4 is 9.83 Å². The number of nitrogens with zero attached hydrogens (tertiary/aromatic N) is 1. The van der Waals surface area contributed by atoms with Crippen molar-refractivity contribution >= 4 is 21.9 Å². The summed E-state index contributed by atoms with van der Waals surface area (Å²) < 4.78 is 27.6. The summed E-state index contributed by atoms with van der Waals surface area (Å²) in [6.07, 6.45) is 0.891. The van der Waals surface area contributed by atoms with Crippen LogP contribution in [-0.2, 0) is 19.6 Å². The summed E-state index contributed by atoms with van der Waals surface area (Å²) in [4.78, 5) is 25.2. The highest BCUT2D eigenvalue weighted by molar-refractivity contribution is 7.89. The number of aliphatic carboxylic acids is 1. The molecule has 1 aromatic rings. The highest BCUT2D eigenvalue weighted by Gasteiger charge is 2.28. The number of nitrogens with one attached hydrogen (secondary N) is 1. The molecular weight excluding hydrogens is 356 g/mol. The number of aryl methyl sites for hydroxylation is 1. The van der Waals surface area contributed by atoms with Gasteiger partial charge in [-0.05, 0) is 44.7 Å². The quantitative estimate of drug-likeness (QED) is 0.609. The molecule has 26 heavy (non-hydrogen) atoms. The fourth-order valence-electron chi connectivity index (χ4n) is 2.56. The van der Waals surface area contributed by atoms with Gasteiger partial charge in [-0.25, -0.2) is 8.42 Å². The van der Waals surface area contributed by atoms with Gasteiger partial charge >= 0.3 is 0 Å². The third-order valence-electron chi connectivity index (χ3n) is 3.86. The Bertz CT molecular complexity index is 695. The average molecular weight is 383 g/mol. The minimum Gasteiger partial charge on any atom is -0.550 e. The van der Waals surface area contributed by atoms with Crippen LogP contribution in [0.4, 0.5) is 0 Å². The Balaban J connectivity index is 3.06. The van der Waals surface area contributed by atoms with E-state index < -0.39 is 34.4 Å². The lowest BCUT2D eigenvalue weighted by Crippen LogP contribution is -2.49. The van der Waals surface area contributed by atoms with E-state index in [2.05, 4.69) is 4.72 Å². The maximum absolute atomic E-state index is 12.8.